The minimum absolute atomic E-state index is 0. The van der Waals surface area contributed by atoms with Gasteiger partial charge >= 0.3 is 0 Å². The summed E-state index contributed by atoms with van der Waals surface area (Å²) in [5.74, 6) is -0.383. The number of sulfone groups is 1. The minimum atomic E-state index is -3.22. The number of hydrogen-bond donors (Lipinski definition) is 2. The summed E-state index contributed by atoms with van der Waals surface area (Å²) in [5, 5.41) is 3.04. The van der Waals surface area contributed by atoms with E-state index in [2.05, 4.69) is 22.4 Å². The van der Waals surface area contributed by atoms with E-state index in [1.165, 1.54) is 35.7 Å². The van der Waals surface area contributed by atoms with Gasteiger partial charge in [-0.3, -0.25) is 0 Å². The zero-order chi connectivity index (χ0) is 18.7. The average Bonchev–Trinajstić information content (AvgIpc) is 3.01. The maximum Gasteiger partial charge on any atom is 0.193 e. The molecule has 0 radical (unpaired) electrons. The third kappa shape index (κ3) is 6.17. The zero-order valence-electron chi connectivity index (χ0n) is 15.0. The highest BCUT2D eigenvalue weighted by Crippen LogP contribution is 2.24. The standard InChI is InChI=1S/C19H22FN3O2S.HI/c1-26(24,25)12-15-5-7-17(20)9-16(15)11-22-19(21)23-18-8-6-13-3-2-4-14(13)10-18;/h5-10H,2-4,11-12H2,1H3,(H3,21,22,23);1H. The van der Waals surface area contributed by atoms with Crippen molar-refractivity contribution in [1.82, 2.24) is 0 Å². The lowest BCUT2D eigenvalue weighted by atomic mass is 10.1. The number of halogens is 2. The smallest absolute Gasteiger partial charge is 0.193 e. The highest BCUT2D eigenvalue weighted by atomic mass is 127. The van der Waals surface area contributed by atoms with Crippen LogP contribution in [0.5, 0.6) is 0 Å². The summed E-state index contributed by atoms with van der Waals surface area (Å²) in [6.07, 6.45) is 4.50. The van der Waals surface area contributed by atoms with Crippen LogP contribution >= 0.6 is 24.0 Å². The molecule has 0 atom stereocenters. The Labute approximate surface area is 176 Å². The van der Waals surface area contributed by atoms with Gasteiger partial charge in [0.05, 0.1) is 12.3 Å². The van der Waals surface area contributed by atoms with E-state index in [1.807, 2.05) is 6.07 Å². The van der Waals surface area contributed by atoms with E-state index in [-0.39, 0.29) is 42.2 Å². The lowest BCUT2D eigenvalue weighted by Crippen LogP contribution is -2.22. The SMILES string of the molecule is CS(=O)(=O)Cc1ccc(F)cc1CN=C(N)Nc1ccc2c(c1)CCC2.I. The molecule has 1 aliphatic rings. The van der Waals surface area contributed by atoms with Crippen molar-refractivity contribution in [3.8, 4) is 0 Å². The van der Waals surface area contributed by atoms with Gasteiger partial charge in [-0.15, -0.1) is 24.0 Å². The second-order valence-corrected chi connectivity index (χ2v) is 8.79. The third-order valence-electron chi connectivity index (χ3n) is 4.38. The molecule has 146 valence electrons. The maximum absolute atomic E-state index is 13.5. The number of anilines is 1. The van der Waals surface area contributed by atoms with Crippen molar-refractivity contribution in [1.29, 1.82) is 0 Å². The first-order valence-corrected chi connectivity index (χ1v) is 10.5. The molecule has 0 saturated heterocycles. The molecular weight excluding hydrogens is 480 g/mol. The first-order chi connectivity index (χ1) is 12.3. The van der Waals surface area contributed by atoms with Gasteiger partial charge < -0.3 is 11.1 Å². The van der Waals surface area contributed by atoms with Gasteiger partial charge in [-0.1, -0.05) is 12.1 Å². The molecule has 0 aromatic heterocycles. The molecule has 2 aromatic carbocycles. The number of fused-ring (bicyclic) bond motifs is 1. The van der Waals surface area contributed by atoms with Gasteiger partial charge in [-0.25, -0.2) is 17.8 Å². The molecule has 8 heteroatoms. The quantitative estimate of drug-likeness (QED) is 0.372. The van der Waals surface area contributed by atoms with Gasteiger partial charge in [0.15, 0.2) is 15.8 Å². The Balaban J connectivity index is 0.00000261. The normalized spacial score (nSPS) is 13.8. The van der Waals surface area contributed by atoms with Crippen LogP contribution in [0.4, 0.5) is 10.1 Å². The summed E-state index contributed by atoms with van der Waals surface area (Å²) < 4.78 is 36.6. The largest absolute Gasteiger partial charge is 0.370 e. The van der Waals surface area contributed by atoms with E-state index in [0.29, 0.717) is 11.1 Å². The van der Waals surface area contributed by atoms with Gasteiger partial charge in [0, 0.05) is 11.9 Å². The Morgan fingerprint density at radius 1 is 1.15 bits per heavy atom. The fourth-order valence-corrected chi connectivity index (χ4v) is 4.02. The average molecular weight is 503 g/mol. The number of aryl methyl sites for hydroxylation is 2. The molecule has 0 aliphatic heterocycles. The minimum Gasteiger partial charge on any atom is -0.370 e. The van der Waals surface area contributed by atoms with E-state index in [1.54, 1.807) is 0 Å². The number of guanidine groups is 1. The molecule has 0 saturated carbocycles. The van der Waals surface area contributed by atoms with Gasteiger partial charge in [0.25, 0.3) is 0 Å². The van der Waals surface area contributed by atoms with Crippen molar-refractivity contribution in [2.45, 2.75) is 31.6 Å². The molecule has 0 bridgehead atoms. The predicted octanol–water partition coefficient (Wildman–Crippen LogP) is 3.40. The molecule has 0 amide bonds. The summed E-state index contributed by atoms with van der Waals surface area (Å²) in [6, 6.07) is 10.2. The molecule has 3 N–H and O–H groups in total. The molecule has 0 heterocycles. The molecule has 0 fully saturated rings. The molecule has 0 spiro atoms. The van der Waals surface area contributed by atoms with Crippen LogP contribution in [0.15, 0.2) is 41.4 Å². The Kier molecular flexibility index (Phi) is 7.21. The van der Waals surface area contributed by atoms with Crippen molar-refractivity contribution in [2.24, 2.45) is 10.7 Å². The second-order valence-electron chi connectivity index (χ2n) is 6.65. The van der Waals surface area contributed by atoms with Crippen molar-refractivity contribution >= 4 is 45.5 Å². The fourth-order valence-electron chi connectivity index (χ4n) is 3.17. The van der Waals surface area contributed by atoms with E-state index in [0.717, 1.165) is 24.8 Å². The van der Waals surface area contributed by atoms with Crippen LogP contribution in [0.2, 0.25) is 0 Å². The number of benzene rings is 2. The molecule has 0 unspecified atom stereocenters. The molecular formula is C19H23FIN3O2S. The Hall–Kier alpha value is -1.68. The summed E-state index contributed by atoms with van der Waals surface area (Å²) >= 11 is 0. The zero-order valence-corrected chi connectivity index (χ0v) is 18.2. The van der Waals surface area contributed by atoms with Crippen molar-refractivity contribution in [2.75, 3.05) is 11.6 Å². The van der Waals surface area contributed by atoms with Gasteiger partial charge in [-0.2, -0.15) is 0 Å². The van der Waals surface area contributed by atoms with Crippen LogP contribution in [0.25, 0.3) is 0 Å². The number of nitrogens with one attached hydrogen (secondary N) is 1. The second kappa shape index (κ2) is 9.01. The lowest BCUT2D eigenvalue weighted by Gasteiger charge is -2.10. The van der Waals surface area contributed by atoms with Crippen LogP contribution < -0.4 is 11.1 Å². The summed E-state index contributed by atoms with van der Waals surface area (Å²) in [4.78, 5) is 4.24. The summed E-state index contributed by atoms with van der Waals surface area (Å²) in [5.41, 5.74) is 10.5. The van der Waals surface area contributed by atoms with Crippen LogP contribution in [-0.2, 0) is 35.0 Å². The van der Waals surface area contributed by atoms with Gasteiger partial charge in [0.1, 0.15) is 5.82 Å². The fraction of sp³-hybridized carbons (Fsp3) is 0.316. The molecule has 2 aromatic rings. The summed E-state index contributed by atoms with van der Waals surface area (Å²) in [7, 11) is -3.22. The molecule has 3 rings (SSSR count). The monoisotopic (exact) mass is 503 g/mol. The number of nitrogens with zero attached hydrogens (tertiary/aromatic N) is 1. The Morgan fingerprint density at radius 3 is 2.63 bits per heavy atom. The van der Waals surface area contributed by atoms with Gasteiger partial charge in [0.2, 0.25) is 0 Å². The first kappa shape index (κ1) is 21.6. The molecule has 1 aliphatic carbocycles. The lowest BCUT2D eigenvalue weighted by molar-refractivity contribution is 0.600. The van der Waals surface area contributed by atoms with Crippen molar-refractivity contribution in [3.05, 3.63) is 64.5 Å². The third-order valence-corrected chi connectivity index (χ3v) is 5.21. The maximum atomic E-state index is 13.5. The van der Waals surface area contributed by atoms with E-state index in [9.17, 15) is 12.8 Å². The molecule has 27 heavy (non-hydrogen) atoms. The van der Waals surface area contributed by atoms with E-state index >= 15 is 0 Å². The molecule has 5 nitrogen and oxygen atoms in total. The van der Waals surface area contributed by atoms with E-state index in [4.69, 9.17) is 5.73 Å². The summed E-state index contributed by atoms with van der Waals surface area (Å²) in [6.45, 7) is 0.104. The van der Waals surface area contributed by atoms with E-state index < -0.39 is 15.7 Å². The number of rotatable bonds is 5. The highest BCUT2D eigenvalue weighted by Gasteiger charge is 2.12. The van der Waals surface area contributed by atoms with Crippen molar-refractivity contribution < 1.29 is 12.8 Å². The highest BCUT2D eigenvalue weighted by molar-refractivity contribution is 14.0. The number of nitrogens with two attached hydrogens (primary N) is 1. The van der Waals surface area contributed by atoms with Crippen LogP contribution in [-0.4, -0.2) is 20.6 Å². The topological polar surface area (TPSA) is 84.5 Å². The van der Waals surface area contributed by atoms with Crippen LogP contribution in [0.3, 0.4) is 0 Å². The van der Waals surface area contributed by atoms with Crippen LogP contribution in [0.1, 0.15) is 28.7 Å². The number of aliphatic imine (C=N–C) groups is 1. The van der Waals surface area contributed by atoms with Gasteiger partial charge in [-0.05, 0) is 65.8 Å². The number of hydrogen-bond acceptors (Lipinski definition) is 3. The first-order valence-electron chi connectivity index (χ1n) is 8.44. The van der Waals surface area contributed by atoms with Crippen molar-refractivity contribution in [3.63, 3.8) is 0 Å². The van der Waals surface area contributed by atoms with Crippen LogP contribution in [0, 0.1) is 5.82 Å². The Bertz CT molecular complexity index is 961. The predicted molar refractivity (Wildman–Crippen MR) is 118 cm³/mol. The Morgan fingerprint density at radius 2 is 1.89 bits per heavy atom.